The summed E-state index contributed by atoms with van der Waals surface area (Å²) in [6, 6.07) is 0. The van der Waals surface area contributed by atoms with Crippen molar-refractivity contribution in [2.45, 2.75) is 46.1 Å². The van der Waals surface area contributed by atoms with Crippen molar-refractivity contribution in [2.24, 2.45) is 5.92 Å². The fraction of sp³-hybridized carbons (Fsp3) is 0.857. The van der Waals surface area contributed by atoms with E-state index in [1.54, 1.807) is 11.8 Å². The summed E-state index contributed by atoms with van der Waals surface area (Å²) < 4.78 is 5.53. The van der Waals surface area contributed by atoms with E-state index in [0.717, 1.165) is 19.4 Å². The molecule has 2 amide bonds. The minimum Gasteiger partial charge on any atom is -0.376 e. The van der Waals surface area contributed by atoms with Crippen LogP contribution in [0.3, 0.4) is 0 Å². The Balaban J connectivity index is 2.25. The molecule has 1 rings (SSSR count). The number of amides is 2. The van der Waals surface area contributed by atoms with Crippen LogP contribution in [0.15, 0.2) is 0 Å². The lowest BCUT2D eigenvalue weighted by molar-refractivity contribution is -0.131. The molecule has 0 radical (unpaired) electrons. The first kappa shape index (κ1) is 16.0. The number of hydrogen-bond acceptors (Lipinski definition) is 3. The van der Waals surface area contributed by atoms with Crippen LogP contribution in [0, 0.1) is 5.92 Å². The van der Waals surface area contributed by atoms with Gasteiger partial charge in [-0.3, -0.25) is 9.59 Å². The second-order valence-corrected chi connectivity index (χ2v) is 5.55. The minimum absolute atomic E-state index is 0.0357. The van der Waals surface area contributed by atoms with Crippen LogP contribution >= 0.6 is 0 Å². The summed E-state index contributed by atoms with van der Waals surface area (Å²) in [6.07, 6.45) is 2.78. The van der Waals surface area contributed by atoms with Gasteiger partial charge in [-0.15, -0.1) is 0 Å². The van der Waals surface area contributed by atoms with Gasteiger partial charge in [0.2, 0.25) is 11.8 Å². The molecule has 1 unspecified atom stereocenters. The molecule has 1 heterocycles. The Morgan fingerprint density at radius 1 is 1.42 bits per heavy atom. The summed E-state index contributed by atoms with van der Waals surface area (Å²) in [6.45, 7) is 8.08. The van der Waals surface area contributed by atoms with Crippen LogP contribution in [0.25, 0.3) is 0 Å². The molecule has 0 aromatic heterocycles. The van der Waals surface area contributed by atoms with Gasteiger partial charge in [0.25, 0.3) is 0 Å². The van der Waals surface area contributed by atoms with Crippen molar-refractivity contribution in [3.63, 3.8) is 0 Å². The Kier molecular flexibility index (Phi) is 6.84. The number of carbonyl (C=O) groups is 2. The molecule has 1 N–H and O–H groups in total. The monoisotopic (exact) mass is 270 g/mol. The average molecular weight is 270 g/mol. The van der Waals surface area contributed by atoms with Gasteiger partial charge in [-0.05, 0) is 18.8 Å². The minimum atomic E-state index is 0.0357. The number of rotatable bonds is 7. The molecule has 110 valence electrons. The van der Waals surface area contributed by atoms with E-state index < -0.39 is 0 Å². The molecule has 0 spiro atoms. The summed E-state index contributed by atoms with van der Waals surface area (Å²) >= 11 is 0. The zero-order valence-electron chi connectivity index (χ0n) is 12.3. The van der Waals surface area contributed by atoms with Crippen LogP contribution in [-0.4, -0.2) is 49.1 Å². The van der Waals surface area contributed by atoms with Gasteiger partial charge >= 0.3 is 0 Å². The maximum absolute atomic E-state index is 11.5. The summed E-state index contributed by atoms with van der Waals surface area (Å²) in [5, 5.41) is 2.85. The van der Waals surface area contributed by atoms with Crippen LogP contribution in [0.1, 0.15) is 40.0 Å². The fourth-order valence-electron chi connectivity index (χ4n) is 2.18. The van der Waals surface area contributed by atoms with E-state index in [4.69, 9.17) is 4.74 Å². The number of nitrogens with one attached hydrogen (secondary N) is 1. The van der Waals surface area contributed by atoms with Crippen molar-refractivity contribution in [1.82, 2.24) is 10.2 Å². The van der Waals surface area contributed by atoms with Gasteiger partial charge in [-0.1, -0.05) is 13.8 Å². The van der Waals surface area contributed by atoms with Crippen molar-refractivity contribution in [1.29, 1.82) is 0 Å². The molecule has 1 saturated heterocycles. The van der Waals surface area contributed by atoms with Crippen molar-refractivity contribution < 1.29 is 14.3 Å². The molecular formula is C14H26N2O3. The third-order valence-electron chi connectivity index (χ3n) is 3.19. The normalized spacial score (nSPS) is 18.6. The predicted octanol–water partition coefficient (Wildman–Crippen LogP) is 1.18. The lowest BCUT2D eigenvalue weighted by Crippen LogP contribution is -2.41. The molecule has 0 saturated carbocycles. The van der Waals surface area contributed by atoms with Crippen LogP contribution in [-0.2, 0) is 14.3 Å². The molecule has 5 nitrogen and oxygen atoms in total. The van der Waals surface area contributed by atoms with Crippen LogP contribution in [0.4, 0.5) is 0 Å². The quantitative estimate of drug-likeness (QED) is 0.755. The number of carbonyl (C=O) groups excluding carboxylic acids is 2. The second-order valence-electron chi connectivity index (χ2n) is 5.55. The molecule has 0 aromatic carbocycles. The highest BCUT2D eigenvalue weighted by Crippen LogP contribution is 2.13. The van der Waals surface area contributed by atoms with E-state index >= 15 is 0 Å². The standard InChI is InChI=1S/C14H26N2O3/c1-11(2)9-14(18)15-6-7-16(12(3)17)10-13-5-4-8-19-13/h11,13H,4-10H2,1-3H3,(H,15,18). The van der Waals surface area contributed by atoms with Crippen molar-refractivity contribution >= 4 is 11.8 Å². The van der Waals surface area contributed by atoms with E-state index in [2.05, 4.69) is 5.32 Å². The Hall–Kier alpha value is -1.10. The summed E-state index contributed by atoms with van der Waals surface area (Å²) in [7, 11) is 0. The zero-order chi connectivity index (χ0) is 14.3. The van der Waals surface area contributed by atoms with Gasteiger partial charge < -0.3 is 15.0 Å². The molecular weight excluding hydrogens is 244 g/mol. The van der Waals surface area contributed by atoms with Gasteiger partial charge in [0, 0.05) is 39.6 Å². The SMILES string of the molecule is CC(=O)N(CCNC(=O)CC(C)C)CC1CCCO1. The maximum Gasteiger partial charge on any atom is 0.220 e. The Morgan fingerprint density at radius 3 is 2.68 bits per heavy atom. The summed E-state index contributed by atoms with van der Waals surface area (Å²) in [5.74, 6) is 0.444. The molecule has 5 heteroatoms. The van der Waals surface area contributed by atoms with Crippen molar-refractivity contribution in [3.8, 4) is 0 Å². The first-order chi connectivity index (χ1) is 8.99. The average Bonchev–Trinajstić information content (AvgIpc) is 2.79. The molecule has 1 aliphatic heterocycles. The third kappa shape index (κ3) is 6.57. The summed E-state index contributed by atoms with van der Waals surface area (Å²) in [5.41, 5.74) is 0. The van der Waals surface area contributed by atoms with Crippen molar-refractivity contribution in [2.75, 3.05) is 26.2 Å². The highest BCUT2D eigenvalue weighted by atomic mass is 16.5. The molecule has 1 aliphatic rings. The lowest BCUT2D eigenvalue weighted by atomic mass is 10.1. The molecule has 19 heavy (non-hydrogen) atoms. The van der Waals surface area contributed by atoms with E-state index in [0.29, 0.717) is 32.0 Å². The smallest absolute Gasteiger partial charge is 0.220 e. The Morgan fingerprint density at radius 2 is 2.16 bits per heavy atom. The van der Waals surface area contributed by atoms with Crippen LogP contribution < -0.4 is 5.32 Å². The Labute approximate surface area is 115 Å². The van der Waals surface area contributed by atoms with Gasteiger partial charge in [0.15, 0.2) is 0 Å². The van der Waals surface area contributed by atoms with Crippen molar-refractivity contribution in [3.05, 3.63) is 0 Å². The number of hydrogen-bond donors (Lipinski definition) is 1. The van der Waals surface area contributed by atoms with Gasteiger partial charge in [-0.2, -0.15) is 0 Å². The van der Waals surface area contributed by atoms with E-state index in [1.807, 2.05) is 13.8 Å². The van der Waals surface area contributed by atoms with Crippen LogP contribution in [0.5, 0.6) is 0 Å². The largest absolute Gasteiger partial charge is 0.376 e. The Bertz CT molecular complexity index is 299. The highest BCUT2D eigenvalue weighted by Gasteiger charge is 2.20. The van der Waals surface area contributed by atoms with E-state index in [1.165, 1.54) is 0 Å². The highest BCUT2D eigenvalue weighted by molar-refractivity contribution is 5.76. The van der Waals surface area contributed by atoms with Gasteiger partial charge in [-0.25, -0.2) is 0 Å². The maximum atomic E-state index is 11.5. The lowest BCUT2D eigenvalue weighted by Gasteiger charge is -2.24. The number of ether oxygens (including phenoxy) is 1. The zero-order valence-corrected chi connectivity index (χ0v) is 12.3. The predicted molar refractivity (Wildman–Crippen MR) is 73.7 cm³/mol. The fourth-order valence-corrected chi connectivity index (χ4v) is 2.18. The van der Waals surface area contributed by atoms with E-state index in [9.17, 15) is 9.59 Å². The van der Waals surface area contributed by atoms with E-state index in [-0.39, 0.29) is 17.9 Å². The first-order valence-electron chi connectivity index (χ1n) is 7.13. The molecule has 1 fully saturated rings. The van der Waals surface area contributed by atoms with Crippen LogP contribution in [0.2, 0.25) is 0 Å². The topological polar surface area (TPSA) is 58.6 Å². The number of nitrogens with zero attached hydrogens (tertiary/aromatic N) is 1. The first-order valence-corrected chi connectivity index (χ1v) is 7.13. The third-order valence-corrected chi connectivity index (χ3v) is 3.19. The molecule has 0 aromatic rings. The summed E-state index contributed by atoms with van der Waals surface area (Å²) in [4.78, 5) is 24.8. The van der Waals surface area contributed by atoms with Gasteiger partial charge in [0.05, 0.1) is 6.10 Å². The molecule has 0 bridgehead atoms. The van der Waals surface area contributed by atoms with Gasteiger partial charge in [0.1, 0.15) is 0 Å². The second kappa shape index (κ2) is 8.15. The molecule has 0 aliphatic carbocycles. The molecule has 1 atom stereocenters.